The van der Waals surface area contributed by atoms with E-state index in [9.17, 15) is 4.79 Å². The predicted molar refractivity (Wildman–Crippen MR) is 111 cm³/mol. The van der Waals surface area contributed by atoms with E-state index < -0.39 is 0 Å². The Morgan fingerprint density at radius 2 is 1.59 bits per heavy atom. The fourth-order valence-corrected chi connectivity index (χ4v) is 3.56. The molecule has 0 aliphatic carbocycles. The molecular formula is C22H28ClN3O. The van der Waals surface area contributed by atoms with Gasteiger partial charge in [-0.2, -0.15) is 0 Å². The largest absolute Gasteiger partial charge is 0.352 e. The maximum atomic E-state index is 12.3. The normalized spacial score (nSPS) is 15.6. The topological polar surface area (TPSA) is 35.6 Å². The molecule has 1 saturated heterocycles. The smallest absolute Gasteiger partial charge is 0.224 e. The Morgan fingerprint density at radius 3 is 2.26 bits per heavy atom. The van der Waals surface area contributed by atoms with Crippen LogP contribution in [0.15, 0.2) is 48.5 Å². The van der Waals surface area contributed by atoms with E-state index in [-0.39, 0.29) is 5.91 Å². The van der Waals surface area contributed by atoms with Crippen LogP contribution in [0.3, 0.4) is 0 Å². The average molecular weight is 386 g/mol. The second-order valence-corrected chi connectivity index (χ2v) is 7.50. The number of piperazine rings is 1. The molecule has 1 fully saturated rings. The van der Waals surface area contributed by atoms with Gasteiger partial charge in [-0.1, -0.05) is 54.9 Å². The molecule has 0 aromatic heterocycles. The van der Waals surface area contributed by atoms with Crippen LogP contribution in [0.4, 0.5) is 0 Å². The van der Waals surface area contributed by atoms with E-state index in [4.69, 9.17) is 11.6 Å². The molecule has 0 bridgehead atoms. The summed E-state index contributed by atoms with van der Waals surface area (Å²) in [6, 6.07) is 15.8. The summed E-state index contributed by atoms with van der Waals surface area (Å²) in [4.78, 5) is 17.3. The Hall–Kier alpha value is -1.88. The van der Waals surface area contributed by atoms with Crippen LogP contribution in [0.25, 0.3) is 0 Å². The summed E-state index contributed by atoms with van der Waals surface area (Å²) in [5.74, 6) is 0.0312. The zero-order valence-corrected chi connectivity index (χ0v) is 16.7. The maximum absolute atomic E-state index is 12.3. The lowest BCUT2D eigenvalue weighted by Gasteiger charge is -2.34. The number of rotatable bonds is 7. The first-order valence-electron chi connectivity index (χ1n) is 9.66. The standard InChI is InChI=1S/C22H28ClN3O/c1-2-25-11-13-26(14-12-25)17-20-6-4-3-5-19(20)16-24-22(27)15-18-7-9-21(23)10-8-18/h3-10H,2,11-17H2,1H3,(H,24,27). The van der Waals surface area contributed by atoms with Crippen molar-refractivity contribution in [1.29, 1.82) is 0 Å². The number of hydrogen-bond donors (Lipinski definition) is 1. The number of hydrogen-bond acceptors (Lipinski definition) is 3. The molecule has 2 aromatic carbocycles. The van der Waals surface area contributed by atoms with Crippen molar-refractivity contribution in [2.75, 3.05) is 32.7 Å². The van der Waals surface area contributed by atoms with E-state index in [1.165, 1.54) is 11.1 Å². The van der Waals surface area contributed by atoms with Crippen molar-refractivity contribution in [2.45, 2.75) is 26.4 Å². The maximum Gasteiger partial charge on any atom is 0.224 e. The first kappa shape index (κ1) is 19.9. The summed E-state index contributed by atoms with van der Waals surface area (Å²) in [6.45, 7) is 9.34. The van der Waals surface area contributed by atoms with Gasteiger partial charge in [-0.25, -0.2) is 0 Å². The second kappa shape index (κ2) is 9.88. The van der Waals surface area contributed by atoms with Gasteiger partial charge in [0.15, 0.2) is 0 Å². The third-order valence-electron chi connectivity index (χ3n) is 5.18. The number of nitrogens with one attached hydrogen (secondary N) is 1. The van der Waals surface area contributed by atoms with E-state index in [2.05, 4.69) is 40.2 Å². The highest BCUT2D eigenvalue weighted by Gasteiger charge is 2.16. The minimum Gasteiger partial charge on any atom is -0.352 e. The molecule has 5 heteroatoms. The van der Waals surface area contributed by atoms with E-state index in [1.807, 2.05) is 30.3 Å². The van der Waals surface area contributed by atoms with Gasteiger partial charge in [-0.3, -0.25) is 9.69 Å². The highest BCUT2D eigenvalue weighted by atomic mass is 35.5. The van der Waals surface area contributed by atoms with Crippen molar-refractivity contribution in [1.82, 2.24) is 15.1 Å². The number of likely N-dealkylation sites (N-methyl/N-ethyl adjacent to an activating group) is 1. The van der Waals surface area contributed by atoms with Crippen LogP contribution in [0, 0.1) is 0 Å². The number of benzene rings is 2. The molecule has 2 aromatic rings. The Kier molecular flexibility index (Phi) is 7.27. The van der Waals surface area contributed by atoms with E-state index in [0.717, 1.165) is 44.8 Å². The van der Waals surface area contributed by atoms with Crippen molar-refractivity contribution >= 4 is 17.5 Å². The highest BCUT2D eigenvalue weighted by molar-refractivity contribution is 6.30. The lowest BCUT2D eigenvalue weighted by atomic mass is 10.1. The Bertz CT molecular complexity index is 739. The molecule has 0 radical (unpaired) electrons. The lowest BCUT2D eigenvalue weighted by molar-refractivity contribution is -0.120. The van der Waals surface area contributed by atoms with Crippen LogP contribution < -0.4 is 5.32 Å². The molecule has 27 heavy (non-hydrogen) atoms. The zero-order chi connectivity index (χ0) is 19.1. The lowest BCUT2D eigenvalue weighted by Crippen LogP contribution is -2.45. The van der Waals surface area contributed by atoms with Gasteiger partial charge in [-0.15, -0.1) is 0 Å². The highest BCUT2D eigenvalue weighted by Crippen LogP contribution is 2.14. The molecule has 1 aliphatic rings. The molecule has 0 spiro atoms. The monoisotopic (exact) mass is 385 g/mol. The fraction of sp³-hybridized carbons (Fsp3) is 0.409. The Morgan fingerprint density at radius 1 is 0.963 bits per heavy atom. The van der Waals surface area contributed by atoms with Gasteiger partial charge in [0, 0.05) is 44.3 Å². The van der Waals surface area contributed by atoms with Crippen molar-refractivity contribution in [3.05, 3.63) is 70.2 Å². The van der Waals surface area contributed by atoms with Crippen LogP contribution >= 0.6 is 11.6 Å². The molecule has 144 valence electrons. The summed E-state index contributed by atoms with van der Waals surface area (Å²) in [5.41, 5.74) is 3.47. The van der Waals surface area contributed by atoms with Gasteiger partial charge in [0.25, 0.3) is 0 Å². The number of amides is 1. The minimum absolute atomic E-state index is 0.0312. The van der Waals surface area contributed by atoms with E-state index in [0.29, 0.717) is 18.0 Å². The molecule has 1 amide bonds. The summed E-state index contributed by atoms with van der Waals surface area (Å²) in [7, 11) is 0. The van der Waals surface area contributed by atoms with Crippen molar-refractivity contribution in [3.8, 4) is 0 Å². The third-order valence-corrected chi connectivity index (χ3v) is 5.43. The number of carbonyl (C=O) groups excluding carboxylic acids is 1. The first-order chi connectivity index (χ1) is 13.1. The second-order valence-electron chi connectivity index (χ2n) is 7.06. The third kappa shape index (κ3) is 6.06. The zero-order valence-electron chi connectivity index (χ0n) is 16.0. The number of carbonyl (C=O) groups is 1. The molecule has 1 N–H and O–H groups in total. The molecular weight excluding hydrogens is 358 g/mol. The van der Waals surface area contributed by atoms with Gasteiger partial charge in [0.05, 0.1) is 6.42 Å². The molecule has 0 saturated carbocycles. The molecule has 0 unspecified atom stereocenters. The average Bonchev–Trinajstić information content (AvgIpc) is 2.70. The summed E-state index contributed by atoms with van der Waals surface area (Å²) in [6.07, 6.45) is 0.373. The Balaban J connectivity index is 1.53. The molecule has 4 nitrogen and oxygen atoms in total. The number of halogens is 1. The van der Waals surface area contributed by atoms with Crippen LogP contribution in [0.1, 0.15) is 23.6 Å². The predicted octanol–water partition coefficient (Wildman–Crippen LogP) is 3.34. The quantitative estimate of drug-likeness (QED) is 0.794. The van der Waals surface area contributed by atoms with Gasteiger partial charge in [0.2, 0.25) is 5.91 Å². The van der Waals surface area contributed by atoms with E-state index >= 15 is 0 Å². The first-order valence-corrected chi connectivity index (χ1v) is 10.0. The molecule has 1 heterocycles. The van der Waals surface area contributed by atoms with Gasteiger partial charge < -0.3 is 10.2 Å². The molecule has 0 atom stereocenters. The summed E-state index contributed by atoms with van der Waals surface area (Å²) >= 11 is 5.90. The van der Waals surface area contributed by atoms with Gasteiger partial charge >= 0.3 is 0 Å². The van der Waals surface area contributed by atoms with E-state index in [1.54, 1.807) is 0 Å². The minimum atomic E-state index is 0.0312. The number of nitrogens with zero attached hydrogens (tertiary/aromatic N) is 2. The van der Waals surface area contributed by atoms with Crippen molar-refractivity contribution < 1.29 is 4.79 Å². The van der Waals surface area contributed by atoms with Gasteiger partial charge in [0.1, 0.15) is 0 Å². The van der Waals surface area contributed by atoms with Crippen LogP contribution in [-0.2, 0) is 24.3 Å². The SMILES string of the molecule is CCN1CCN(Cc2ccccc2CNC(=O)Cc2ccc(Cl)cc2)CC1. The summed E-state index contributed by atoms with van der Waals surface area (Å²) in [5, 5.41) is 3.75. The van der Waals surface area contributed by atoms with Crippen molar-refractivity contribution in [3.63, 3.8) is 0 Å². The molecule has 3 rings (SSSR count). The van der Waals surface area contributed by atoms with Crippen LogP contribution in [0.2, 0.25) is 5.02 Å². The van der Waals surface area contributed by atoms with Crippen molar-refractivity contribution in [2.24, 2.45) is 0 Å². The van der Waals surface area contributed by atoms with Crippen LogP contribution in [0.5, 0.6) is 0 Å². The molecule has 1 aliphatic heterocycles. The fourth-order valence-electron chi connectivity index (χ4n) is 3.43. The van der Waals surface area contributed by atoms with Gasteiger partial charge in [-0.05, 0) is 35.4 Å². The summed E-state index contributed by atoms with van der Waals surface area (Å²) < 4.78 is 0. The Labute approximate surface area is 167 Å². The van der Waals surface area contributed by atoms with Crippen LogP contribution in [-0.4, -0.2) is 48.4 Å².